The first kappa shape index (κ1) is 56.4. The molecule has 0 aliphatic heterocycles. The highest BCUT2D eigenvalue weighted by Gasteiger charge is 2.19. The molecule has 344 valence electrons. The van der Waals surface area contributed by atoms with Crippen LogP contribution in [0.4, 0.5) is 0 Å². The van der Waals surface area contributed by atoms with Gasteiger partial charge in [0.2, 0.25) is 0 Å². The number of hydrogen-bond donors (Lipinski definition) is 0. The fraction of sp³-hybridized carbons (Fsp3) is 0.942. The van der Waals surface area contributed by atoms with Gasteiger partial charge in [-0.1, -0.05) is 247 Å². The van der Waals surface area contributed by atoms with Gasteiger partial charge in [0.25, 0.3) is 0 Å². The molecular weight excluding hydrogens is 721 g/mol. The molecule has 0 aliphatic rings. The summed E-state index contributed by atoms with van der Waals surface area (Å²) in [4.78, 5) is 37.8. The predicted octanol–water partition coefficient (Wildman–Crippen LogP) is 16.5. The lowest BCUT2D eigenvalue weighted by molar-refractivity contribution is -0.167. The van der Waals surface area contributed by atoms with Crippen LogP contribution in [0.25, 0.3) is 0 Å². The molecular formula is C52H100O6. The van der Waals surface area contributed by atoms with Crippen LogP contribution in [-0.2, 0) is 28.6 Å². The highest BCUT2D eigenvalue weighted by molar-refractivity contribution is 5.71. The van der Waals surface area contributed by atoms with Gasteiger partial charge in [-0.2, -0.15) is 0 Å². The van der Waals surface area contributed by atoms with E-state index >= 15 is 0 Å². The van der Waals surface area contributed by atoms with E-state index in [2.05, 4.69) is 34.6 Å². The standard InChI is InChI=1S/C52H100O6/c1-6-7-8-9-10-20-29-34-39-44-52(55)58-49(46-57-51(54)43-38-33-28-24-19-15-17-22-26-31-36-41-48(4)5)45-56-50(53)42-37-32-27-23-18-14-12-11-13-16-21-25-30-35-40-47(2)3/h47-49H,6-46H2,1-5H3/t49-/m0/s1. The third-order valence-electron chi connectivity index (χ3n) is 11.7. The van der Waals surface area contributed by atoms with Crippen molar-refractivity contribution in [1.82, 2.24) is 0 Å². The monoisotopic (exact) mass is 821 g/mol. The second-order valence-corrected chi connectivity index (χ2v) is 18.8. The average Bonchev–Trinajstić information content (AvgIpc) is 3.19. The minimum absolute atomic E-state index is 0.0638. The molecule has 0 aromatic heterocycles. The second kappa shape index (κ2) is 44.9. The van der Waals surface area contributed by atoms with E-state index in [0.717, 1.165) is 69.6 Å². The molecule has 0 aliphatic carbocycles. The van der Waals surface area contributed by atoms with E-state index in [1.807, 2.05) is 0 Å². The van der Waals surface area contributed by atoms with Crippen molar-refractivity contribution in [2.75, 3.05) is 13.2 Å². The van der Waals surface area contributed by atoms with Crippen LogP contribution in [0, 0.1) is 11.8 Å². The molecule has 0 N–H and O–H groups in total. The molecule has 0 saturated carbocycles. The Hall–Kier alpha value is -1.59. The van der Waals surface area contributed by atoms with Crippen molar-refractivity contribution in [3.63, 3.8) is 0 Å². The van der Waals surface area contributed by atoms with Crippen LogP contribution in [0.5, 0.6) is 0 Å². The zero-order chi connectivity index (χ0) is 42.6. The highest BCUT2D eigenvalue weighted by Crippen LogP contribution is 2.17. The molecule has 0 aromatic rings. The minimum atomic E-state index is -0.760. The predicted molar refractivity (Wildman–Crippen MR) is 247 cm³/mol. The lowest BCUT2D eigenvalue weighted by Crippen LogP contribution is -2.30. The zero-order valence-corrected chi connectivity index (χ0v) is 39.7. The Morgan fingerprint density at radius 1 is 0.328 bits per heavy atom. The van der Waals surface area contributed by atoms with Gasteiger partial charge < -0.3 is 14.2 Å². The maximum Gasteiger partial charge on any atom is 0.306 e. The van der Waals surface area contributed by atoms with Crippen LogP contribution in [-0.4, -0.2) is 37.2 Å². The molecule has 0 amide bonds. The third-order valence-corrected chi connectivity index (χ3v) is 11.7. The summed E-state index contributed by atoms with van der Waals surface area (Å²) in [6, 6.07) is 0. The smallest absolute Gasteiger partial charge is 0.306 e. The molecule has 0 fully saturated rings. The van der Waals surface area contributed by atoms with Crippen molar-refractivity contribution in [3.05, 3.63) is 0 Å². The molecule has 0 spiro atoms. The SMILES string of the molecule is CCCCCCCCCCCC(=O)O[C@@H](COC(=O)CCCCCCCCCCCCCCCCC(C)C)COC(=O)CCCCCCCCCCCCCC(C)C. The quantitative estimate of drug-likeness (QED) is 0.0346. The molecule has 58 heavy (non-hydrogen) atoms. The summed E-state index contributed by atoms with van der Waals surface area (Å²) < 4.78 is 16.8. The average molecular weight is 821 g/mol. The molecule has 6 heteroatoms. The number of rotatable bonds is 46. The Kier molecular flexibility index (Phi) is 43.7. The van der Waals surface area contributed by atoms with Crippen molar-refractivity contribution in [3.8, 4) is 0 Å². The first-order valence-electron chi connectivity index (χ1n) is 25.7. The second-order valence-electron chi connectivity index (χ2n) is 18.8. The lowest BCUT2D eigenvalue weighted by Gasteiger charge is -2.18. The van der Waals surface area contributed by atoms with Gasteiger partial charge in [-0.25, -0.2) is 0 Å². The molecule has 0 radical (unpaired) electrons. The Morgan fingerprint density at radius 3 is 0.845 bits per heavy atom. The zero-order valence-electron chi connectivity index (χ0n) is 39.7. The third kappa shape index (κ3) is 45.5. The normalized spacial score (nSPS) is 12.1. The van der Waals surface area contributed by atoms with Crippen LogP contribution < -0.4 is 0 Å². The molecule has 0 rings (SSSR count). The first-order chi connectivity index (χ1) is 28.2. The first-order valence-corrected chi connectivity index (χ1v) is 25.7. The summed E-state index contributed by atoms with van der Waals surface area (Å²) in [5, 5.41) is 0. The number of unbranched alkanes of at least 4 members (excludes halogenated alkanes) is 31. The number of esters is 3. The Bertz CT molecular complexity index is 885. The fourth-order valence-electron chi connectivity index (χ4n) is 7.81. The van der Waals surface area contributed by atoms with E-state index in [-0.39, 0.29) is 31.1 Å². The van der Waals surface area contributed by atoms with Crippen LogP contribution in [0.3, 0.4) is 0 Å². The molecule has 0 aromatic carbocycles. The molecule has 0 saturated heterocycles. The van der Waals surface area contributed by atoms with Gasteiger partial charge in [-0.3, -0.25) is 14.4 Å². The Morgan fingerprint density at radius 2 is 0.569 bits per heavy atom. The summed E-state index contributed by atoms with van der Waals surface area (Å²) in [6.07, 6.45) is 45.2. The van der Waals surface area contributed by atoms with Gasteiger partial charge in [-0.15, -0.1) is 0 Å². The van der Waals surface area contributed by atoms with E-state index in [0.29, 0.717) is 19.3 Å². The Labute approximate surface area is 361 Å². The van der Waals surface area contributed by atoms with Gasteiger partial charge in [0.1, 0.15) is 13.2 Å². The van der Waals surface area contributed by atoms with E-state index in [4.69, 9.17) is 14.2 Å². The summed E-state index contributed by atoms with van der Waals surface area (Å²) in [5.74, 6) is 0.821. The van der Waals surface area contributed by atoms with Crippen molar-refractivity contribution in [2.45, 2.75) is 291 Å². The van der Waals surface area contributed by atoms with E-state index in [9.17, 15) is 14.4 Å². The van der Waals surface area contributed by atoms with Gasteiger partial charge in [0.15, 0.2) is 6.10 Å². The fourth-order valence-corrected chi connectivity index (χ4v) is 7.81. The summed E-state index contributed by atoms with van der Waals surface area (Å²) in [5.41, 5.74) is 0. The van der Waals surface area contributed by atoms with Gasteiger partial charge in [0, 0.05) is 19.3 Å². The molecule has 6 nitrogen and oxygen atoms in total. The highest BCUT2D eigenvalue weighted by atomic mass is 16.6. The van der Waals surface area contributed by atoms with Crippen molar-refractivity contribution in [1.29, 1.82) is 0 Å². The topological polar surface area (TPSA) is 78.9 Å². The Balaban J connectivity index is 4.23. The van der Waals surface area contributed by atoms with Crippen LogP contribution >= 0.6 is 0 Å². The summed E-state index contributed by atoms with van der Waals surface area (Å²) >= 11 is 0. The maximum absolute atomic E-state index is 12.7. The van der Waals surface area contributed by atoms with Crippen molar-refractivity contribution >= 4 is 17.9 Å². The van der Waals surface area contributed by atoms with Gasteiger partial charge >= 0.3 is 17.9 Å². The number of ether oxygens (including phenoxy) is 3. The van der Waals surface area contributed by atoms with Crippen molar-refractivity contribution < 1.29 is 28.6 Å². The van der Waals surface area contributed by atoms with Crippen LogP contribution in [0.2, 0.25) is 0 Å². The number of carbonyl (C=O) groups excluding carboxylic acids is 3. The van der Waals surface area contributed by atoms with E-state index in [1.165, 1.54) is 173 Å². The largest absolute Gasteiger partial charge is 0.462 e. The molecule has 0 heterocycles. The minimum Gasteiger partial charge on any atom is -0.462 e. The number of hydrogen-bond acceptors (Lipinski definition) is 6. The van der Waals surface area contributed by atoms with Gasteiger partial charge in [0.05, 0.1) is 0 Å². The van der Waals surface area contributed by atoms with Crippen LogP contribution in [0.15, 0.2) is 0 Å². The van der Waals surface area contributed by atoms with E-state index in [1.54, 1.807) is 0 Å². The lowest BCUT2D eigenvalue weighted by atomic mass is 10.0. The summed E-state index contributed by atoms with van der Waals surface area (Å²) in [7, 11) is 0. The number of carbonyl (C=O) groups is 3. The van der Waals surface area contributed by atoms with E-state index < -0.39 is 6.10 Å². The van der Waals surface area contributed by atoms with Gasteiger partial charge in [-0.05, 0) is 31.1 Å². The van der Waals surface area contributed by atoms with Crippen LogP contribution in [0.1, 0.15) is 285 Å². The summed E-state index contributed by atoms with van der Waals surface area (Å²) in [6.45, 7) is 11.4. The molecule has 0 unspecified atom stereocenters. The molecule has 1 atom stereocenters. The maximum atomic E-state index is 12.7. The van der Waals surface area contributed by atoms with Crippen molar-refractivity contribution in [2.24, 2.45) is 11.8 Å². The molecule has 0 bridgehead atoms.